The van der Waals surface area contributed by atoms with Crippen molar-refractivity contribution in [2.45, 2.75) is 37.8 Å². The molecule has 0 radical (unpaired) electrons. The largest absolute Gasteiger partial charge is 0.482 e. The second-order valence-electron chi connectivity index (χ2n) is 7.64. The third-order valence-electron chi connectivity index (χ3n) is 4.72. The van der Waals surface area contributed by atoms with Crippen LogP contribution in [0.2, 0.25) is 0 Å². The van der Waals surface area contributed by atoms with E-state index in [1.54, 1.807) is 12.3 Å². The Kier molecular flexibility index (Phi) is 7.60. The molecule has 2 heterocycles. The molecule has 1 aromatic carbocycles. The molecular formula is C22H24F3N5O3S. The summed E-state index contributed by atoms with van der Waals surface area (Å²) in [5.41, 5.74) is 1.09. The number of alkyl halides is 3. The van der Waals surface area contributed by atoms with Crippen molar-refractivity contribution in [2.24, 2.45) is 0 Å². The zero-order chi connectivity index (χ0) is 24.9. The number of sulfone groups is 1. The lowest BCUT2D eigenvalue weighted by Crippen LogP contribution is -2.19. The van der Waals surface area contributed by atoms with Crippen LogP contribution in [-0.4, -0.2) is 41.9 Å². The molecule has 12 heteroatoms. The van der Waals surface area contributed by atoms with Crippen LogP contribution in [0.25, 0.3) is 0 Å². The van der Waals surface area contributed by atoms with Crippen LogP contribution >= 0.6 is 0 Å². The van der Waals surface area contributed by atoms with E-state index in [9.17, 15) is 21.6 Å². The number of ether oxygens (including phenoxy) is 1. The van der Waals surface area contributed by atoms with Crippen LogP contribution in [0.15, 0.2) is 53.8 Å². The Morgan fingerprint density at radius 2 is 1.68 bits per heavy atom. The maximum absolute atomic E-state index is 12.7. The van der Waals surface area contributed by atoms with Gasteiger partial charge in [0.15, 0.2) is 16.4 Å². The molecule has 0 bridgehead atoms. The number of nitrogens with zero attached hydrogens (tertiary/aromatic N) is 3. The topological polar surface area (TPSA) is 106 Å². The van der Waals surface area contributed by atoms with Crippen LogP contribution in [0.5, 0.6) is 5.75 Å². The zero-order valence-corrected chi connectivity index (χ0v) is 19.5. The molecule has 0 aliphatic rings. The normalized spacial score (nSPS) is 12.0. The van der Waals surface area contributed by atoms with Gasteiger partial charge < -0.3 is 15.4 Å². The quantitative estimate of drug-likeness (QED) is 0.416. The van der Waals surface area contributed by atoms with Crippen molar-refractivity contribution in [2.75, 3.05) is 23.0 Å². The van der Waals surface area contributed by atoms with E-state index in [0.717, 1.165) is 5.56 Å². The highest BCUT2D eigenvalue weighted by molar-refractivity contribution is 7.91. The summed E-state index contributed by atoms with van der Waals surface area (Å²) < 4.78 is 67.4. The summed E-state index contributed by atoms with van der Waals surface area (Å²) in [6.45, 7) is 4.05. The van der Waals surface area contributed by atoms with E-state index < -0.39 is 22.6 Å². The smallest absolute Gasteiger partial charge is 0.422 e. The van der Waals surface area contributed by atoms with Crippen LogP contribution in [0, 0.1) is 0 Å². The van der Waals surface area contributed by atoms with Crippen molar-refractivity contribution in [1.82, 2.24) is 15.0 Å². The first-order chi connectivity index (χ1) is 16.0. The first-order valence-electron chi connectivity index (χ1n) is 10.4. The van der Waals surface area contributed by atoms with Crippen molar-refractivity contribution in [3.05, 3.63) is 54.5 Å². The lowest BCUT2D eigenvalue weighted by atomic mass is 10.1. The molecule has 0 atom stereocenters. The van der Waals surface area contributed by atoms with Crippen LogP contribution in [0.1, 0.15) is 32.3 Å². The summed E-state index contributed by atoms with van der Waals surface area (Å²) in [5, 5.41) is 5.85. The van der Waals surface area contributed by atoms with Crippen molar-refractivity contribution in [3.63, 3.8) is 0 Å². The fourth-order valence-corrected chi connectivity index (χ4v) is 3.74. The SMILES string of the molecule is CCS(=O)(=O)c1ccc(OCC(F)(F)F)c(Nc2cc(Nc3ccc(C(C)C)cn3)ncn2)c1. The Bertz CT molecular complexity index is 1230. The summed E-state index contributed by atoms with van der Waals surface area (Å²) in [4.78, 5) is 12.5. The molecule has 2 aromatic heterocycles. The molecular weight excluding hydrogens is 471 g/mol. The van der Waals surface area contributed by atoms with Gasteiger partial charge in [-0.15, -0.1) is 0 Å². The number of hydrogen-bond acceptors (Lipinski definition) is 8. The minimum Gasteiger partial charge on any atom is -0.482 e. The fraction of sp³-hybridized carbons (Fsp3) is 0.318. The van der Waals surface area contributed by atoms with Crippen LogP contribution in [0.4, 0.5) is 36.3 Å². The van der Waals surface area contributed by atoms with E-state index in [0.29, 0.717) is 17.6 Å². The molecule has 2 N–H and O–H groups in total. The molecule has 8 nitrogen and oxygen atoms in total. The van der Waals surface area contributed by atoms with Gasteiger partial charge >= 0.3 is 6.18 Å². The minimum atomic E-state index is -4.56. The monoisotopic (exact) mass is 495 g/mol. The fourth-order valence-electron chi connectivity index (χ4n) is 2.84. The molecule has 3 aromatic rings. The third-order valence-corrected chi connectivity index (χ3v) is 6.45. The van der Waals surface area contributed by atoms with Gasteiger partial charge in [0.2, 0.25) is 0 Å². The highest BCUT2D eigenvalue weighted by Gasteiger charge is 2.29. The van der Waals surface area contributed by atoms with Crippen LogP contribution < -0.4 is 15.4 Å². The second-order valence-corrected chi connectivity index (χ2v) is 9.91. The lowest BCUT2D eigenvalue weighted by molar-refractivity contribution is -0.153. The lowest BCUT2D eigenvalue weighted by Gasteiger charge is -2.16. The Hall–Kier alpha value is -3.41. The Morgan fingerprint density at radius 1 is 0.971 bits per heavy atom. The number of rotatable bonds is 9. The van der Waals surface area contributed by atoms with Gasteiger partial charge in [-0.1, -0.05) is 26.8 Å². The molecule has 0 saturated heterocycles. The summed E-state index contributed by atoms with van der Waals surface area (Å²) in [7, 11) is -3.60. The Balaban J connectivity index is 1.87. The molecule has 0 fully saturated rings. The molecule has 0 saturated carbocycles. The van der Waals surface area contributed by atoms with Gasteiger partial charge in [0.05, 0.1) is 16.3 Å². The molecule has 0 aliphatic carbocycles. The maximum Gasteiger partial charge on any atom is 0.422 e. The predicted molar refractivity (Wildman–Crippen MR) is 123 cm³/mol. The van der Waals surface area contributed by atoms with E-state index >= 15 is 0 Å². The number of aromatic nitrogens is 3. The van der Waals surface area contributed by atoms with E-state index in [1.807, 2.05) is 6.07 Å². The number of halogens is 3. The third kappa shape index (κ3) is 6.80. The van der Waals surface area contributed by atoms with E-state index in [1.165, 1.54) is 37.5 Å². The molecule has 0 unspecified atom stereocenters. The van der Waals surface area contributed by atoms with Gasteiger partial charge in [-0.3, -0.25) is 0 Å². The molecule has 34 heavy (non-hydrogen) atoms. The number of benzene rings is 1. The van der Waals surface area contributed by atoms with Crippen molar-refractivity contribution in [1.29, 1.82) is 0 Å². The molecule has 182 valence electrons. The number of pyridine rings is 1. The van der Waals surface area contributed by atoms with Crippen molar-refractivity contribution in [3.8, 4) is 5.75 Å². The predicted octanol–water partition coefficient (Wildman–Crippen LogP) is 5.22. The summed E-state index contributed by atoms with van der Waals surface area (Å²) in [5.74, 6) is 1.11. The second kappa shape index (κ2) is 10.2. The van der Waals surface area contributed by atoms with E-state index in [-0.39, 0.29) is 27.9 Å². The van der Waals surface area contributed by atoms with Gasteiger partial charge in [0.25, 0.3) is 0 Å². The van der Waals surface area contributed by atoms with E-state index in [4.69, 9.17) is 4.74 Å². The van der Waals surface area contributed by atoms with Gasteiger partial charge in [0, 0.05) is 12.3 Å². The standard InChI is InChI=1S/C22H24F3N5O3S/c1-4-34(31,32)16-6-7-18(33-12-22(23,24)25)17(9-16)29-20-10-21(28-13-27-20)30-19-8-5-15(11-26-19)14(2)3/h5-11,13-14H,4,12H2,1-3H3,(H2,26,27,28,29,30). The Labute approximate surface area is 195 Å². The minimum absolute atomic E-state index is 0.0165. The molecule has 0 spiro atoms. The average molecular weight is 496 g/mol. The van der Waals surface area contributed by atoms with Gasteiger partial charge in [-0.05, 0) is 35.7 Å². The number of hydrogen-bond donors (Lipinski definition) is 2. The van der Waals surface area contributed by atoms with Gasteiger partial charge in [-0.2, -0.15) is 13.2 Å². The van der Waals surface area contributed by atoms with Crippen LogP contribution in [-0.2, 0) is 9.84 Å². The van der Waals surface area contributed by atoms with Crippen molar-refractivity contribution >= 4 is 33.0 Å². The van der Waals surface area contributed by atoms with Crippen molar-refractivity contribution < 1.29 is 26.3 Å². The molecule has 0 aliphatic heterocycles. The molecule has 0 amide bonds. The first kappa shape index (κ1) is 25.2. The van der Waals surface area contributed by atoms with Gasteiger partial charge in [-0.25, -0.2) is 23.4 Å². The summed E-state index contributed by atoms with van der Waals surface area (Å²) in [6, 6.07) is 8.84. The first-order valence-corrected chi connectivity index (χ1v) is 12.0. The summed E-state index contributed by atoms with van der Waals surface area (Å²) in [6.07, 6.45) is -1.57. The Morgan fingerprint density at radius 3 is 2.26 bits per heavy atom. The number of nitrogens with one attached hydrogen (secondary N) is 2. The van der Waals surface area contributed by atoms with Gasteiger partial charge in [0.1, 0.15) is 29.5 Å². The highest BCUT2D eigenvalue weighted by atomic mass is 32.2. The van der Waals surface area contributed by atoms with Crippen LogP contribution in [0.3, 0.4) is 0 Å². The molecule has 3 rings (SSSR count). The number of anilines is 4. The zero-order valence-electron chi connectivity index (χ0n) is 18.7. The highest BCUT2D eigenvalue weighted by Crippen LogP contribution is 2.32. The van der Waals surface area contributed by atoms with E-state index in [2.05, 4.69) is 39.4 Å². The summed E-state index contributed by atoms with van der Waals surface area (Å²) >= 11 is 0. The average Bonchev–Trinajstić information content (AvgIpc) is 2.78. The maximum atomic E-state index is 12.7.